The second kappa shape index (κ2) is 6.57. The smallest absolute Gasteiger partial charge is 0.320 e. The molecule has 0 spiro atoms. The Hall–Kier alpha value is -1.55. The molecule has 1 saturated heterocycles. The van der Waals surface area contributed by atoms with Crippen LogP contribution in [0.4, 0.5) is 5.69 Å². The molecular weight excluding hydrogens is 240 g/mol. The van der Waals surface area contributed by atoms with Crippen LogP contribution in [0.1, 0.15) is 26.2 Å². The van der Waals surface area contributed by atoms with Crippen molar-refractivity contribution >= 4 is 11.7 Å². The van der Waals surface area contributed by atoms with Gasteiger partial charge in [0.05, 0.1) is 0 Å². The number of carbonyl (C=O) groups is 1. The zero-order chi connectivity index (χ0) is 13.7. The number of anilines is 1. The van der Waals surface area contributed by atoms with Crippen LogP contribution in [-0.4, -0.2) is 41.1 Å². The highest BCUT2D eigenvalue weighted by atomic mass is 16.4. The highest BCUT2D eigenvalue weighted by molar-refractivity contribution is 5.73. The van der Waals surface area contributed by atoms with Crippen molar-refractivity contribution in [3.05, 3.63) is 30.3 Å². The number of rotatable bonds is 5. The van der Waals surface area contributed by atoms with Crippen LogP contribution in [0.2, 0.25) is 0 Å². The van der Waals surface area contributed by atoms with Crippen molar-refractivity contribution in [1.82, 2.24) is 4.90 Å². The molecule has 104 valence electrons. The van der Waals surface area contributed by atoms with E-state index < -0.39 is 5.97 Å². The van der Waals surface area contributed by atoms with Crippen molar-refractivity contribution in [2.24, 2.45) is 0 Å². The van der Waals surface area contributed by atoms with Gasteiger partial charge in [0.25, 0.3) is 0 Å². The predicted octanol–water partition coefficient (Wildman–Crippen LogP) is 2.43. The summed E-state index contributed by atoms with van der Waals surface area (Å²) in [5.74, 6) is -0.706. The summed E-state index contributed by atoms with van der Waals surface area (Å²) in [4.78, 5) is 13.3. The summed E-state index contributed by atoms with van der Waals surface area (Å²) in [6.45, 7) is 3.63. The number of hydrogen-bond donors (Lipinski definition) is 2. The highest BCUT2D eigenvalue weighted by Gasteiger charge is 2.28. The van der Waals surface area contributed by atoms with Gasteiger partial charge in [-0.05, 0) is 37.9 Å². The molecule has 1 aromatic carbocycles. The van der Waals surface area contributed by atoms with Gasteiger partial charge in [0.2, 0.25) is 0 Å². The van der Waals surface area contributed by atoms with E-state index in [9.17, 15) is 9.90 Å². The van der Waals surface area contributed by atoms with E-state index in [4.69, 9.17) is 0 Å². The predicted molar refractivity (Wildman–Crippen MR) is 76.4 cm³/mol. The summed E-state index contributed by atoms with van der Waals surface area (Å²) < 4.78 is 0. The molecule has 0 radical (unpaired) electrons. The second-order valence-corrected chi connectivity index (χ2v) is 5.11. The molecule has 1 aliphatic heterocycles. The molecule has 0 amide bonds. The normalized spacial score (nSPS) is 21.8. The van der Waals surface area contributed by atoms with Crippen LogP contribution in [-0.2, 0) is 4.79 Å². The van der Waals surface area contributed by atoms with Crippen molar-refractivity contribution in [2.75, 3.05) is 18.4 Å². The Morgan fingerprint density at radius 3 is 2.84 bits per heavy atom. The van der Waals surface area contributed by atoms with Gasteiger partial charge in [-0.15, -0.1) is 0 Å². The summed E-state index contributed by atoms with van der Waals surface area (Å²) >= 11 is 0. The number of para-hydroxylation sites is 1. The van der Waals surface area contributed by atoms with Crippen molar-refractivity contribution in [1.29, 1.82) is 0 Å². The number of carboxylic acid groups (broad SMARTS) is 1. The van der Waals surface area contributed by atoms with Gasteiger partial charge in [-0.2, -0.15) is 0 Å². The Morgan fingerprint density at radius 2 is 2.21 bits per heavy atom. The van der Waals surface area contributed by atoms with E-state index in [1.54, 1.807) is 0 Å². The van der Waals surface area contributed by atoms with Crippen LogP contribution in [0.25, 0.3) is 0 Å². The van der Waals surface area contributed by atoms with Gasteiger partial charge in [-0.1, -0.05) is 25.1 Å². The summed E-state index contributed by atoms with van der Waals surface area (Å²) in [5, 5.41) is 12.7. The molecule has 4 nitrogen and oxygen atoms in total. The molecule has 1 heterocycles. The fourth-order valence-corrected chi connectivity index (χ4v) is 2.77. The minimum Gasteiger partial charge on any atom is -0.480 e. The van der Waals surface area contributed by atoms with Crippen LogP contribution in [0.15, 0.2) is 30.3 Å². The first-order valence-electron chi connectivity index (χ1n) is 6.99. The van der Waals surface area contributed by atoms with Crippen molar-refractivity contribution in [2.45, 2.75) is 38.3 Å². The maximum atomic E-state index is 11.2. The van der Waals surface area contributed by atoms with E-state index in [1.807, 2.05) is 37.3 Å². The molecule has 2 unspecified atom stereocenters. The molecule has 2 rings (SSSR count). The summed E-state index contributed by atoms with van der Waals surface area (Å²) in [5.41, 5.74) is 1.11. The molecule has 1 aromatic rings. The average Bonchev–Trinajstić information content (AvgIpc) is 2.41. The summed E-state index contributed by atoms with van der Waals surface area (Å²) in [7, 11) is 0. The third kappa shape index (κ3) is 3.70. The number of likely N-dealkylation sites (tertiary alicyclic amines) is 1. The van der Waals surface area contributed by atoms with Crippen LogP contribution >= 0.6 is 0 Å². The molecule has 2 N–H and O–H groups in total. The number of nitrogens with one attached hydrogen (secondary N) is 1. The van der Waals surface area contributed by atoms with Gasteiger partial charge in [0.1, 0.15) is 6.04 Å². The fourth-order valence-electron chi connectivity index (χ4n) is 2.77. The minimum atomic E-state index is -0.706. The van der Waals surface area contributed by atoms with Crippen molar-refractivity contribution in [3.63, 3.8) is 0 Å². The first-order chi connectivity index (χ1) is 9.20. The van der Waals surface area contributed by atoms with Crippen LogP contribution in [0.3, 0.4) is 0 Å². The Bertz CT molecular complexity index is 408. The van der Waals surface area contributed by atoms with E-state index in [2.05, 4.69) is 10.2 Å². The van der Waals surface area contributed by atoms with Gasteiger partial charge in [0.15, 0.2) is 0 Å². The molecule has 0 aliphatic carbocycles. The Balaban J connectivity index is 1.95. The molecule has 19 heavy (non-hydrogen) atoms. The minimum absolute atomic E-state index is 0.338. The van der Waals surface area contributed by atoms with Gasteiger partial charge in [0, 0.05) is 18.3 Å². The molecule has 2 atom stereocenters. The Morgan fingerprint density at radius 1 is 1.47 bits per heavy atom. The number of piperidine rings is 1. The first kappa shape index (κ1) is 13.9. The van der Waals surface area contributed by atoms with E-state index in [0.29, 0.717) is 12.5 Å². The highest BCUT2D eigenvalue weighted by Crippen LogP contribution is 2.18. The monoisotopic (exact) mass is 262 g/mol. The largest absolute Gasteiger partial charge is 0.480 e. The zero-order valence-corrected chi connectivity index (χ0v) is 11.4. The molecule has 4 heteroatoms. The van der Waals surface area contributed by atoms with Crippen molar-refractivity contribution < 1.29 is 9.90 Å². The molecule has 1 fully saturated rings. The third-order valence-corrected chi connectivity index (χ3v) is 3.71. The standard InChI is InChI=1S/C15H22N2O2/c1-2-14(15(18)19)17-10-6-9-13(11-17)16-12-7-4-3-5-8-12/h3-5,7-8,13-14,16H,2,6,9-11H2,1H3,(H,18,19). The van der Waals surface area contributed by atoms with Gasteiger partial charge < -0.3 is 10.4 Å². The number of benzene rings is 1. The SMILES string of the molecule is CCC(C(=O)O)N1CCCC(Nc2ccccc2)C1. The van der Waals surface area contributed by atoms with Crippen molar-refractivity contribution in [3.8, 4) is 0 Å². The van der Waals surface area contributed by atoms with E-state index >= 15 is 0 Å². The molecule has 1 aliphatic rings. The topological polar surface area (TPSA) is 52.6 Å². The van der Waals surface area contributed by atoms with E-state index in [1.165, 1.54) is 0 Å². The Labute approximate surface area is 114 Å². The molecule has 0 bridgehead atoms. The maximum absolute atomic E-state index is 11.2. The van der Waals surface area contributed by atoms with Gasteiger partial charge >= 0.3 is 5.97 Å². The van der Waals surface area contributed by atoms with Crippen LogP contribution in [0.5, 0.6) is 0 Å². The lowest BCUT2D eigenvalue weighted by Crippen LogP contribution is -2.49. The average molecular weight is 262 g/mol. The number of hydrogen-bond acceptors (Lipinski definition) is 3. The number of carboxylic acids is 1. The molecular formula is C15H22N2O2. The fraction of sp³-hybridized carbons (Fsp3) is 0.533. The summed E-state index contributed by atoms with van der Waals surface area (Å²) in [6, 6.07) is 10.1. The zero-order valence-electron chi connectivity index (χ0n) is 11.4. The lowest BCUT2D eigenvalue weighted by atomic mass is 10.0. The maximum Gasteiger partial charge on any atom is 0.320 e. The van der Waals surface area contributed by atoms with E-state index in [-0.39, 0.29) is 6.04 Å². The first-order valence-corrected chi connectivity index (χ1v) is 6.99. The van der Waals surface area contributed by atoms with E-state index in [0.717, 1.165) is 31.6 Å². The quantitative estimate of drug-likeness (QED) is 0.855. The molecule has 0 aromatic heterocycles. The third-order valence-electron chi connectivity index (χ3n) is 3.71. The lowest BCUT2D eigenvalue weighted by Gasteiger charge is -2.36. The van der Waals surface area contributed by atoms with Gasteiger partial charge in [-0.3, -0.25) is 9.69 Å². The number of aliphatic carboxylic acids is 1. The number of nitrogens with zero attached hydrogens (tertiary/aromatic N) is 1. The summed E-state index contributed by atoms with van der Waals surface area (Å²) in [6.07, 6.45) is 2.81. The van der Waals surface area contributed by atoms with Gasteiger partial charge in [-0.25, -0.2) is 0 Å². The van der Waals surface area contributed by atoms with Crippen LogP contribution < -0.4 is 5.32 Å². The lowest BCUT2D eigenvalue weighted by molar-refractivity contribution is -0.143. The molecule has 0 saturated carbocycles. The second-order valence-electron chi connectivity index (χ2n) is 5.11. The van der Waals surface area contributed by atoms with Crippen LogP contribution in [0, 0.1) is 0 Å². The Kier molecular flexibility index (Phi) is 4.80.